The summed E-state index contributed by atoms with van der Waals surface area (Å²) < 4.78 is 6.12. The fraction of sp³-hybridized carbons (Fsp3) is 0.595. The summed E-state index contributed by atoms with van der Waals surface area (Å²) in [6, 6.07) is 14.7. The highest BCUT2D eigenvalue weighted by molar-refractivity contribution is 6.46. The van der Waals surface area contributed by atoms with E-state index in [0.29, 0.717) is 24.2 Å². The van der Waals surface area contributed by atoms with Gasteiger partial charge in [0.15, 0.2) is 0 Å². The molecule has 1 N–H and O–H groups in total. The number of rotatable bonds is 10. The maximum Gasteiger partial charge on any atom is 0.335 e. The third-order valence-electron chi connectivity index (χ3n) is 9.21. The van der Waals surface area contributed by atoms with E-state index < -0.39 is 11.6 Å². The van der Waals surface area contributed by atoms with Crippen molar-refractivity contribution in [2.24, 2.45) is 27.7 Å². The molecule has 0 saturated heterocycles. The molecule has 6 nitrogen and oxygen atoms in total. The monoisotopic (exact) mass is 588 g/mol. The maximum absolute atomic E-state index is 14.6. The quantitative estimate of drug-likeness (QED) is 0.300. The molecule has 4 rings (SSSR count). The average Bonchev–Trinajstić information content (AvgIpc) is 3.19. The minimum absolute atomic E-state index is 0.0453. The van der Waals surface area contributed by atoms with Crippen molar-refractivity contribution < 1.29 is 19.4 Å². The van der Waals surface area contributed by atoms with E-state index in [4.69, 9.17) is 9.73 Å². The molecule has 1 amide bonds. The van der Waals surface area contributed by atoms with Crippen molar-refractivity contribution in [3.8, 4) is 5.75 Å². The zero-order valence-corrected chi connectivity index (χ0v) is 27.6. The zero-order chi connectivity index (χ0) is 31.6. The highest BCUT2D eigenvalue weighted by Crippen LogP contribution is 2.48. The Morgan fingerprint density at radius 3 is 2.19 bits per heavy atom. The molecule has 6 heteroatoms. The molecule has 234 valence electrons. The number of aliphatic imine (C=N–C) groups is 1. The van der Waals surface area contributed by atoms with E-state index in [1.807, 2.05) is 36.4 Å². The number of carbonyl (C=O) groups is 2. The number of ether oxygens (including phenoxy) is 1. The van der Waals surface area contributed by atoms with E-state index in [2.05, 4.69) is 60.3 Å². The Labute approximate surface area is 258 Å². The summed E-state index contributed by atoms with van der Waals surface area (Å²) in [5, 5.41) is 9.53. The van der Waals surface area contributed by atoms with Crippen LogP contribution in [0.25, 0.3) is 0 Å². The van der Waals surface area contributed by atoms with Crippen LogP contribution in [-0.4, -0.2) is 39.9 Å². The fourth-order valence-corrected chi connectivity index (χ4v) is 6.43. The second kappa shape index (κ2) is 12.8. The van der Waals surface area contributed by atoms with Gasteiger partial charge in [0.2, 0.25) is 0 Å². The number of hydrogen-bond donors (Lipinski definition) is 1. The Hall–Kier alpha value is -3.15. The van der Waals surface area contributed by atoms with Crippen molar-refractivity contribution in [1.82, 2.24) is 4.90 Å². The molecular weight excluding hydrogens is 536 g/mol. The van der Waals surface area contributed by atoms with Gasteiger partial charge in [-0.1, -0.05) is 79.7 Å². The van der Waals surface area contributed by atoms with Crippen molar-refractivity contribution in [2.45, 2.75) is 112 Å². The summed E-state index contributed by atoms with van der Waals surface area (Å²) in [6.45, 7) is 18.5. The zero-order valence-electron chi connectivity index (χ0n) is 27.6. The molecule has 43 heavy (non-hydrogen) atoms. The van der Waals surface area contributed by atoms with Crippen molar-refractivity contribution >= 4 is 17.6 Å². The smallest absolute Gasteiger partial charge is 0.335 e. The molecule has 2 aromatic rings. The van der Waals surface area contributed by atoms with Crippen LogP contribution in [0.4, 0.5) is 0 Å². The van der Waals surface area contributed by atoms with Crippen LogP contribution in [0.2, 0.25) is 0 Å². The first-order chi connectivity index (χ1) is 20.1. The highest BCUT2D eigenvalue weighted by Gasteiger charge is 2.52. The summed E-state index contributed by atoms with van der Waals surface area (Å²) >= 11 is 0. The number of hydrogen-bond acceptors (Lipinski definition) is 4. The van der Waals surface area contributed by atoms with Crippen LogP contribution in [0, 0.1) is 22.7 Å². The lowest BCUT2D eigenvalue weighted by molar-refractivity contribution is -0.133. The molecule has 2 aliphatic rings. The number of benzene rings is 2. The molecule has 1 aliphatic heterocycles. The van der Waals surface area contributed by atoms with E-state index in [1.54, 1.807) is 12.1 Å². The Kier molecular flexibility index (Phi) is 9.78. The van der Waals surface area contributed by atoms with Crippen LogP contribution in [0.3, 0.4) is 0 Å². The Balaban J connectivity index is 1.74. The van der Waals surface area contributed by atoms with Crippen LogP contribution < -0.4 is 4.74 Å². The van der Waals surface area contributed by atoms with Gasteiger partial charge in [-0.3, -0.25) is 9.79 Å². The first-order valence-electron chi connectivity index (χ1n) is 16.1. The second-order valence-corrected chi connectivity index (χ2v) is 15.4. The summed E-state index contributed by atoms with van der Waals surface area (Å²) in [5.41, 5.74) is 2.15. The predicted molar refractivity (Wildman–Crippen MR) is 174 cm³/mol. The standard InChI is InChI=1S/C37H52N2O4/c1-25(2)26-16-20-37(21-17-26)38-32(29-10-9-11-30(24-29)43-23-22-36(6,7)8)33(40)39(37)31(18-19-35(3,4)5)27-12-14-28(15-13-27)34(41)42/h9-15,24-26,31H,16-23H2,1-8H3,(H,41,42)/t26?,31-,37?/m1/s1. The molecule has 0 aromatic heterocycles. The fourth-order valence-electron chi connectivity index (χ4n) is 6.43. The molecule has 1 aliphatic carbocycles. The number of aromatic carboxylic acids is 1. The number of carboxylic acids is 1. The van der Waals surface area contributed by atoms with E-state index in [-0.39, 0.29) is 28.3 Å². The van der Waals surface area contributed by atoms with E-state index >= 15 is 0 Å². The molecule has 2 aromatic carbocycles. The minimum atomic E-state index is -0.950. The first-order valence-corrected chi connectivity index (χ1v) is 16.1. The lowest BCUT2D eigenvalue weighted by atomic mass is 9.75. The third-order valence-corrected chi connectivity index (χ3v) is 9.21. The van der Waals surface area contributed by atoms with Gasteiger partial charge in [-0.25, -0.2) is 4.79 Å². The normalized spacial score (nSPS) is 21.8. The van der Waals surface area contributed by atoms with Crippen LogP contribution in [0.15, 0.2) is 53.5 Å². The van der Waals surface area contributed by atoms with Crippen molar-refractivity contribution in [1.29, 1.82) is 0 Å². The molecule has 0 unspecified atom stereocenters. The van der Waals surface area contributed by atoms with Crippen LogP contribution in [0.5, 0.6) is 5.75 Å². The average molecular weight is 589 g/mol. The van der Waals surface area contributed by atoms with Gasteiger partial charge in [0.05, 0.1) is 18.2 Å². The summed E-state index contributed by atoms with van der Waals surface area (Å²) in [4.78, 5) is 33.7. The Morgan fingerprint density at radius 1 is 1.00 bits per heavy atom. The van der Waals surface area contributed by atoms with Crippen LogP contribution >= 0.6 is 0 Å². The van der Waals surface area contributed by atoms with E-state index in [0.717, 1.165) is 61.8 Å². The Morgan fingerprint density at radius 2 is 1.63 bits per heavy atom. The second-order valence-electron chi connectivity index (χ2n) is 15.4. The number of amides is 1. The van der Waals surface area contributed by atoms with Gasteiger partial charge in [-0.15, -0.1) is 0 Å². The van der Waals surface area contributed by atoms with Gasteiger partial charge in [0, 0.05) is 5.56 Å². The molecule has 1 fully saturated rings. The van der Waals surface area contributed by atoms with Crippen molar-refractivity contribution in [2.75, 3.05) is 6.61 Å². The maximum atomic E-state index is 14.6. The summed E-state index contributed by atoms with van der Waals surface area (Å²) in [7, 11) is 0. The molecule has 1 saturated carbocycles. The molecular formula is C37H52N2O4. The molecule has 0 radical (unpaired) electrons. The first kappa shape index (κ1) is 32.8. The minimum Gasteiger partial charge on any atom is -0.494 e. The summed E-state index contributed by atoms with van der Waals surface area (Å²) in [5.74, 6) is 0.962. The molecule has 1 heterocycles. The van der Waals surface area contributed by atoms with Crippen molar-refractivity contribution in [3.05, 3.63) is 65.2 Å². The lowest BCUT2D eigenvalue weighted by Gasteiger charge is -2.46. The van der Waals surface area contributed by atoms with Gasteiger partial charge in [-0.2, -0.15) is 0 Å². The largest absolute Gasteiger partial charge is 0.494 e. The lowest BCUT2D eigenvalue weighted by Crippen LogP contribution is -2.51. The van der Waals surface area contributed by atoms with Crippen LogP contribution in [-0.2, 0) is 4.79 Å². The van der Waals surface area contributed by atoms with Gasteiger partial charge >= 0.3 is 5.97 Å². The van der Waals surface area contributed by atoms with Gasteiger partial charge in [0.1, 0.15) is 17.1 Å². The third kappa shape index (κ3) is 8.07. The van der Waals surface area contributed by atoms with Crippen LogP contribution in [0.1, 0.15) is 128 Å². The predicted octanol–water partition coefficient (Wildman–Crippen LogP) is 8.94. The van der Waals surface area contributed by atoms with E-state index in [1.165, 1.54) is 0 Å². The SMILES string of the molecule is CC(C)C1CCC2(CC1)N=C(c1cccc(OCCC(C)(C)C)c1)C(=O)N2[C@H](CCC(C)(C)C)c1ccc(C(=O)O)cc1. The van der Waals surface area contributed by atoms with Gasteiger partial charge < -0.3 is 14.7 Å². The highest BCUT2D eigenvalue weighted by atomic mass is 16.5. The number of carbonyl (C=O) groups excluding carboxylic acids is 1. The van der Waals surface area contributed by atoms with E-state index in [9.17, 15) is 14.7 Å². The topological polar surface area (TPSA) is 79.2 Å². The van der Waals surface area contributed by atoms with Gasteiger partial charge in [0.25, 0.3) is 5.91 Å². The number of carboxylic acid groups (broad SMARTS) is 1. The molecule has 0 bridgehead atoms. The number of nitrogens with zero attached hydrogens (tertiary/aromatic N) is 2. The molecule has 1 spiro atoms. The van der Waals surface area contributed by atoms with Gasteiger partial charge in [-0.05, 0) is 97.4 Å². The Bertz CT molecular complexity index is 1310. The summed E-state index contributed by atoms with van der Waals surface area (Å²) in [6.07, 6.45) is 6.32. The van der Waals surface area contributed by atoms with Crippen molar-refractivity contribution in [3.63, 3.8) is 0 Å². The molecule has 1 atom stereocenters.